The van der Waals surface area contributed by atoms with Crippen molar-refractivity contribution in [1.82, 2.24) is 5.32 Å². The Morgan fingerprint density at radius 1 is 0.391 bits per heavy atom. The highest BCUT2D eigenvalue weighted by atomic mass is 16.7. The first-order valence-corrected chi connectivity index (χ1v) is 38.5. The van der Waals surface area contributed by atoms with Crippen LogP contribution in [0.5, 0.6) is 0 Å². The van der Waals surface area contributed by atoms with Gasteiger partial charge in [-0.25, -0.2) is 0 Å². The SMILES string of the molecule is CCCCCCC/C=C\C/C=C\CCCCCCCCCCCCCCCCCCCCCCCCCCCCCC(=O)NC(COC1OC(CO)C(OC2OC(CO)C(O)C(O)C2O)C(O)C1O)C(O)/C=C/CC/C=C/CC/C=C/CCCCCCCCCCC. The quantitative estimate of drug-likeness (QED) is 0.0204. The van der Waals surface area contributed by atoms with Crippen LogP contribution in [0.25, 0.3) is 0 Å². The smallest absolute Gasteiger partial charge is 0.220 e. The molecular weight excluding hydrogens is 1160 g/mol. The van der Waals surface area contributed by atoms with E-state index in [1.54, 1.807) is 6.08 Å². The van der Waals surface area contributed by atoms with E-state index in [1.807, 2.05) is 6.08 Å². The normalized spacial score (nSPS) is 23.0. The minimum Gasteiger partial charge on any atom is -0.394 e. The standard InChI is InChI=1S/C78H143NO13/c1-3-5-7-9-11-13-15-17-19-21-23-24-25-26-27-28-29-30-31-32-33-34-35-36-37-38-39-40-41-42-44-46-48-50-52-54-56-58-60-62-70(83)79-66(67(82)61-59-57-55-53-51-49-47-45-43-22-20-18-16-14-12-10-8-6-4-2)65-89-77-75(88)73(86)76(69(64-81)91-77)92-78-74(87)72(85)71(84)68(63-80)90-78/h15,17,21,23,43,45,51,53,59,61,66-69,71-78,80-82,84-88H,3-14,16,18-20,22,24-42,44,46-50,52,54-58,60,62-65H2,1-2H3,(H,79,83)/b17-15-,23-21-,45-43+,53-51+,61-59+. The molecule has 14 heteroatoms. The molecule has 0 bridgehead atoms. The lowest BCUT2D eigenvalue weighted by Gasteiger charge is -2.46. The van der Waals surface area contributed by atoms with Gasteiger partial charge in [-0.15, -0.1) is 0 Å². The van der Waals surface area contributed by atoms with Gasteiger partial charge in [0, 0.05) is 6.42 Å². The molecule has 2 aliphatic heterocycles. The molecule has 0 radical (unpaired) electrons. The number of ether oxygens (including phenoxy) is 4. The summed E-state index contributed by atoms with van der Waals surface area (Å²) in [6.07, 6.45) is 67.4. The van der Waals surface area contributed by atoms with Crippen LogP contribution in [0, 0.1) is 0 Å². The molecule has 2 aliphatic rings. The minimum absolute atomic E-state index is 0.248. The highest BCUT2D eigenvalue weighted by Crippen LogP contribution is 2.30. The van der Waals surface area contributed by atoms with Crippen LogP contribution in [0.15, 0.2) is 60.8 Å². The molecule has 2 saturated heterocycles. The summed E-state index contributed by atoms with van der Waals surface area (Å²) in [6.45, 7) is 2.80. The van der Waals surface area contributed by atoms with Gasteiger partial charge in [0.2, 0.25) is 5.91 Å². The molecule has 9 N–H and O–H groups in total. The number of carbonyl (C=O) groups is 1. The number of hydrogen-bond donors (Lipinski definition) is 9. The van der Waals surface area contributed by atoms with Gasteiger partial charge in [0.25, 0.3) is 0 Å². The molecule has 0 aromatic heterocycles. The average molecular weight is 1300 g/mol. The summed E-state index contributed by atoms with van der Waals surface area (Å²) in [7, 11) is 0. The van der Waals surface area contributed by atoms with Crippen molar-refractivity contribution in [2.45, 2.75) is 408 Å². The second-order valence-electron chi connectivity index (χ2n) is 27.1. The van der Waals surface area contributed by atoms with Crippen LogP contribution >= 0.6 is 0 Å². The fourth-order valence-corrected chi connectivity index (χ4v) is 12.5. The van der Waals surface area contributed by atoms with Crippen molar-refractivity contribution in [1.29, 1.82) is 0 Å². The van der Waals surface area contributed by atoms with E-state index in [1.165, 1.54) is 250 Å². The van der Waals surface area contributed by atoms with Crippen LogP contribution in [0.4, 0.5) is 0 Å². The molecule has 0 saturated carbocycles. The second kappa shape index (κ2) is 62.2. The van der Waals surface area contributed by atoms with E-state index in [0.29, 0.717) is 12.8 Å². The van der Waals surface area contributed by atoms with Gasteiger partial charge < -0.3 is 65.1 Å². The zero-order valence-electron chi connectivity index (χ0n) is 58.8. The first-order valence-electron chi connectivity index (χ1n) is 38.5. The predicted molar refractivity (Wildman–Crippen MR) is 378 cm³/mol. The van der Waals surface area contributed by atoms with E-state index < -0.39 is 86.8 Å². The maximum atomic E-state index is 13.3. The van der Waals surface area contributed by atoms with Crippen LogP contribution in [-0.4, -0.2) is 140 Å². The van der Waals surface area contributed by atoms with Crippen LogP contribution in [0.3, 0.4) is 0 Å². The molecule has 2 heterocycles. The largest absolute Gasteiger partial charge is 0.394 e. The van der Waals surface area contributed by atoms with E-state index in [0.717, 1.165) is 51.4 Å². The number of amides is 1. The van der Waals surface area contributed by atoms with Gasteiger partial charge in [-0.1, -0.05) is 312 Å². The lowest BCUT2D eigenvalue weighted by atomic mass is 9.97. The van der Waals surface area contributed by atoms with Gasteiger partial charge in [-0.2, -0.15) is 0 Å². The zero-order chi connectivity index (χ0) is 66.6. The Kier molecular flexibility index (Phi) is 58.0. The number of aliphatic hydroxyl groups is 8. The highest BCUT2D eigenvalue weighted by Gasteiger charge is 2.51. The number of rotatable bonds is 64. The molecule has 1 amide bonds. The molecular formula is C78H143NO13. The van der Waals surface area contributed by atoms with Crippen molar-refractivity contribution in [2.75, 3.05) is 19.8 Å². The monoisotopic (exact) mass is 1300 g/mol. The molecule has 14 nitrogen and oxygen atoms in total. The van der Waals surface area contributed by atoms with Crippen molar-refractivity contribution >= 4 is 5.91 Å². The highest BCUT2D eigenvalue weighted by molar-refractivity contribution is 5.76. The van der Waals surface area contributed by atoms with Crippen molar-refractivity contribution in [3.8, 4) is 0 Å². The maximum absolute atomic E-state index is 13.3. The second-order valence-corrected chi connectivity index (χ2v) is 27.1. The Bertz CT molecular complexity index is 1780. The Morgan fingerprint density at radius 3 is 1.13 bits per heavy atom. The summed E-state index contributed by atoms with van der Waals surface area (Å²) in [5.41, 5.74) is 0. The number of carbonyl (C=O) groups excluding carboxylic acids is 1. The number of nitrogens with one attached hydrogen (secondary N) is 1. The van der Waals surface area contributed by atoms with Crippen molar-refractivity contribution in [3.05, 3.63) is 60.8 Å². The lowest BCUT2D eigenvalue weighted by Crippen LogP contribution is -2.65. The zero-order valence-corrected chi connectivity index (χ0v) is 58.8. The molecule has 0 aliphatic carbocycles. The van der Waals surface area contributed by atoms with Gasteiger partial charge in [-0.3, -0.25) is 4.79 Å². The van der Waals surface area contributed by atoms with E-state index in [9.17, 15) is 45.6 Å². The molecule has 538 valence electrons. The Morgan fingerprint density at radius 2 is 0.728 bits per heavy atom. The fourth-order valence-electron chi connectivity index (χ4n) is 12.5. The molecule has 0 aromatic rings. The Balaban J connectivity index is 1.58. The first kappa shape index (κ1) is 85.8. The van der Waals surface area contributed by atoms with Crippen LogP contribution in [0.1, 0.15) is 335 Å². The van der Waals surface area contributed by atoms with Gasteiger partial charge in [-0.05, 0) is 77.0 Å². The van der Waals surface area contributed by atoms with Crippen LogP contribution < -0.4 is 5.32 Å². The summed E-state index contributed by atoms with van der Waals surface area (Å²) < 4.78 is 22.8. The summed E-state index contributed by atoms with van der Waals surface area (Å²) in [6, 6.07) is -0.939. The first-order chi connectivity index (χ1) is 45.1. The Hall–Kier alpha value is -2.31. The number of unbranched alkanes of at least 4 members (excludes halogenated alkanes) is 43. The fraction of sp³-hybridized carbons (Fsp3) is 0.859. The van der Waals surface area contributed by atoms with Crippen LogP contribution in [0.2, 0.25) is 0 Å². The molecule has 2 fully saturated rings. The topological polar surface area (TPSA) is 228 Å². The van der Waals surface area contributed by atoms with Gasteiger partial charge in [0.15, 0.2) is 12.6 Å². The summed E-state index contributed by atoms with van der Waals surface area (Å²) in [5, 5.41) is 87.4. The predicted octanol–water partition coefficient (Wildman–Crippen LogP) is 16.8. The molecule has 0 aromatic carbocycles. The van der Waals surface area contributed by atoms with Gasteiger partial charge in [0.1, 0.15) is 48.8 Å². The third-order valence-electron chi connectivity index (χ3n) is 18.7. The van der Waals surface area contributed by atoms with Crippen molar-refractivity contribution in [3.63, 3.8) is 0 Å². The van der Waals surface area contributed by atoms with E-state index in [2.05, 4.69) is 67.8 Å². The van der Waals surface area contributed by atoms with Crippen molar-refractivity contribution in [2.24, 2.45) is 0 Å². The van der Waals surface area contributed by atoms with E-state index in [4.69, 9.17) is 18.9 Å². The van der Waals surface area contributed by atoms with Crippen LogP contribution in [-0.2, 0) is 23.7 Å². The molecule has 0 spiro atoms. The van der Waals surface area contributed by atoms with E-state index >= 15 is 0 Å². The summed E-state index contributed by atoms with van der Waals surface area (Å²) in [4.78, 5) is 13.3. The van der Waals surface area contributed by atoms with Crippen molar-refractivity contribution < 1.29 is 64.6 Å². The lowest BCUT2D eigenvalue weighted by molar-refractivity contribution is -0.359. The number of allylic oxidation sites excluding steroid dienone is 9. The molecule has 2 rings (SSSR count). The van der Waals surface area contributed by atoms with Gasteiger partial charge >= 0.3 is 0 Å². The minimum atomic E-state index is -1.79. The Labute approximate surface area is 562 Å². The van der Waals surface area contributed by atoms with E-state index in [-0.39, 0.29) is 18.9 Å². The molecule has 12 unspecified atom stereocenters. The molecule has 92 heavy (non-hydrogen) atoms. The third kappa shape index (κ3) is 45.2. The molecule has 12 atom stereocenters. The summed E-state index contributed by atoms with van der Waals surface area (Å²) in [5.74, 6) is -0.248. The van der Waals surface area contributed by atoms with Gasteiger partial charge in [0.05, 0.1) is 32.0 Å². The number of hydrogen-bond acceptors (Lipinski definition) is 13. The number of aliphatic hydroxyl groups excluding tert-OH is 8. The summed E-state index contributed by atoms with van der Waals surface area (Å²) >= 11 is 0. The maximum Gasteiger partial charge on any atom is 0.220 e. The third-order valence-corrected chi connectivity index (χ3v) is 18.7. The average Bonchev–Trinajstić information content (AvgIpc) is 1.05.